The summed E-state index contributed by atoms with van der Waals surface area (Å²) >= 11 is 6.62. The summed E-state index contributed by atoms with van der Waals surface area (Å²) in [6.07, 6.45) is 2.31. The molecule has 1 unspecified atom stereocenters. The molecule has 1 aliphatic heterocycles. The molecule has 146 valence electrons. The number of hydrogen-bond donors (Lipinski definition) is 1. The Balaban J connectivity index is 1.78. The standard InChI is InChI=1S/C24H22ClN3O/c1-14-7-5-8-16(13-14)28-24-21(15(2)27-28)22(17-9-3-4-10-18(17)25)23-19(26-24)11-6-12-20(23)29/h3-5,7-10,13,22,26H,6,11-12H2,1-2H3. The van der Waals surface area contributed by atoms with E-state index in [0.717, 1.165) is 52.4 Å². The minimum atomic E-state index is -0.193. The number of carbonyl (C=O) groups excluding carboxylic acids is 1. The van der Waals surface area contributed by atoms with Crippen LogP contribution in [0, 0.1) is 13.8 Å². The molecule has 1 aliphatic carbocycles. The molecular weight excluding hydrogens is 382 g/mol. The number of halogens is 1. The minimum absolute atomic E-state index is 0.193. The number of benzene rings is 2. The molecule has 0 spiro atoms. The monoisotopic (exact) mass is 403 g/mol. The summed E-state index contributed by atoms with van der Waals surface area (Å²) in [6, 6.07) is 16.1. The highest BCUT2D eigenvalue weighted by Gasteiger charge is 2.39. The van der Waals surface area contributed by atoms with Crippen molar-refractivity contribution in [2.75, 3.05) is 5.32 Å². The van der Waals surface area contributed by atoms with Crippen LogP contribution in [0.15, 0.2) is 59.8 Å². The van der Waals surface area contributed by atoms with E-state index in [1.54, 1.807) is 0 Å². The number of hydrogen-bond acceptors (Lipinski definition) is 3. The van der Waals surface area contributed by atoms with Gasteiger partial charge in [0.05, 0.1) is 11.4 Å². The lowest BCUT2D eigenvalue weighted by Gasteiger charge is -2.33. The van der Waals surface area contributed by atoms with Crippen molar-refractivity contribution in [1.82, 2.24) is 9.78 Å². The van der Waals surface area contributed by atoms with E-state index >= 15 is 0 Å². The molecule has 1 atom stereocenters. The summed E-state index contributed by atoms with van der Waals surface area (Å²) < 4.78 is 1.96. The summed E-state index contributed by atoms with van der Waals surface area (Å²) in [5.41, 5.74) is 6.95. The van der Waals surface area contributed by atoms with Crippen LogP contribution in [0.3, 0.4) is 0 Å². The molecule has 2 aromatic carbocycles. The van der Waals surface area contributed by atoms with Gasteiger partial charge in [0.2, 0.25) is 0 Å². The number of anilines is 1. The minimum Gasteiger partial charge on any atom is -0.343 e. The Morgan fingerprint density at radius 2 is 1.93 bits per heavy atom. The second-order valence-corrected chi connectivity index (χ2v) is 8.25. The quantitative estimate of drug-likeness (QED) is 0.596. The van der Waals surface area contributed by atoms with Crippen molar-refractivity contribution < 1.29 is 4.79 Å². The van der Waals surface area contributed by atoms with Crippen LogP contribution in [0.5, 0.6) is 0 Å². The second-order valence-electron chi connectivity index (χ2n) is 7.85. The van der Waals surface area contributed by atoms with Crippen LogP contribution in [0.2, 0.25) is 5.02 Å². The molecule has 0 saturated heterocycles. The molecule has 2 aliphatic rings. The third-order valence-electron chi connectivity index (χ3n) is 5.87. The van der Waals surface area contributed by atoms with E-state index in [1.165, 1.54) is 5.56 Å². The molecule has 0 bridgehead atoms. The predicted octanol–water partition coefficient (Wildman–Crippen LogP) is 5.71. The van der Waals surface area contributed by atoms with Gasteiger partial charge >= 0.3 is 0 Å². The lowest BCUT2D eigenvalue weighted by atomic mass is 9.76. The molecular formula is C24H22ClN3O. The third kappa shape index (κ3) is 2.90. The number of fused-ring (bicyclic) bond motifs is 1. The average molecular weight is 404 g/mol. The van der Waals surface area contributed by atoms with Crippen molar-refractivity contribution >= 4 is 23.2 Å². The van der Waals surface area contributed by atoms with Crippen LogP contribution in [-0.4, -0.2) is 15.6 Å². The molecule has 5 heteroatoms. The summed E-state index contributed by atoms with van der Waals surface area (Å²) in [4.78, 5) is 13.0. The number of Topliss-reactive ketones (excluding diaryl/α,β-unsaturated/α-hetero) is 1. The van der Waals surface area contributed by atoms with Crippen LogP contribution in [-0.2, 0) is 4.79 Å². The fourth-order valence-corrected chi connectivity index (χ4v) is 4.83. The van der Waals surface area contributed by atoms with Gasteiger partial charge in [-0.15, -0.1) is 0 Å². The zero-order chi connectivity index (χ0) is 20.1. The number of nitrogens with zero attached hydrogens (tertiary/aromatic N) is 2. The number of nitrogens with one attached hydrogen (secondary N) is 1. The fourth-order valence-electron chi connectivity index (χ4n) is 4.59. The van der Waals surface area contributed by atoms with Crippen LogP contribution >= 0.6 is 11.6 Å². The molecule has 0 radical (unpaired) electrons. The number of rotatable bonds is 2. The van der Waals surface area contributed by atoms with Crippen molar-refractivity contribution in [3.8, 4) is 5.69 Å². The van der Waals surface area contributed by atoms with E-state index in [4.69, 9.17) is 16.7 Å². The maximum absolute atomic E-state index is 13.0. The van der Waals surface area contributed by atoms with Crippen molar-refractivity contribution in [3.05, 3.63) is 87.2 Å². The highest BCUT2D eigenvalue weighted by Crippen LogP contribution is 2.48. The molecule has 0 amide bonds. The third-order valence-corrected chi connectivity index (χ3v) is 6.22. The maximum atomic E-state index is 13.0. The van der Waals surface area contributed by atoms with Crippen molar-refractivity contribution in [2.24, 2.45) is 0 Å². The first kappa shape index (κ1) is 18.2. The number of ketones is 1. The van der Waals surface area contributed by atoms with Crippen molar-refractivity contribution in [2.45, 2.75) is 39.0 Å². The van der Waals surface area contributed by atoms with Gasteiger partial charge in [0.15, 0.2) is 5.78 Å². The van der Waals surface area contributed by atoms with E-state index in [1.807, 2.05) is 41.9 Å². The van der Waals surface area contributed by atoms with Gasteiger partial charge in [-0.1, -0.05) is 41.9 Å². The summed E-state index contributed by atoms with van der Waals surface area (Å²) in [7, 11) is 0. The number of carbonyl (C=O) groups is 1. The van der Waals surface area contributed by atoms with E-state index in [2.05, 4.69) is 30.4 Å². The molecule has 4 nitrogen and oxygen atoms in total. The number of aryl methyl sites for hydroxylation is 2. The highest BCUT2D eigenvalue weighted by atomic mass is 35.5. The second kappa shape index (κ2) is 6.89. The molecule has 5 rings (SSSR count). The highest BCUT2D eigenvalue weighted by molar-refractivity contribution is 6.31. The molecule has 0 saturated carbocycles. The van der Waals surface area contributed by atoms with Crippen LogP contribution in [0.1, 0.15) is 47.6 Å². The van der Waals surface area contributed by atoms with E-state index in [9.17, 15) is 4.79 Å². The average Bonchev–Trinajstić information content (AvgIpc) is 3.04. The Hall–Kier alpha value is -2.85. The van der Waals surface area contributed by atoms with E-state index in [-0.39, 0.29) is 11.7 Å². The van der Waals surface area contributed by atoms with Gasteiger partial charge in [0.25, 0.3) is 0 Å². The topological polar surface area (TPSA) is 46.9 Å². The Morgan fingerprint density at radius 3 is 2.72 bits per heavy atom. The summed E-state index contributed by atoms with van der Waals surface area (Å²) in [5, 5.41) is 9.12. The Kier molecular flexibility index (Phi) is 4.32. The summed E-state index contributed by atoms with van der Waals surface area (Å²) in [6.45, 7) is 4.09. The lowest BCUT2D eigenvalue weighted by Crippen LogP contribution is -2.27. The van der Waals surface area contributed by atoms with E-state index in [0.29, 0.717) is 11.4 Å². The van der Waals surface area contributed by atoms with Crippen LogP contribution < -0.4 is 5.32 Å². The molecule has 3 aromatic rings. The lowest BCUT2D eigenvalue weighted by molar-refractivity contribution is -0.116. The van der Waals surface area contributed by atoms with Crippen molar-refractivity contribution in [3.63, 3.8) is 0 Å². The molecule has 1 N–H and O–H groups in total. The fraction of sp³-hybridized carbons (Fsp3) is 0.250. The zero-order valence-corrected chi connectivity index (χ0v) is 17.3. The first-order chi connectivity index (χ1) is 14.0. The van der Waals surface area contributed by atoms with Gasteiger partial charge in [0.1, 0.15) is 5.82 Å². The van der Waals surface area contributed by atoms with Gasteiger partial charge < -0.3 is 5.32 Å². The first-order valence-electron chi connectivity index (χ1n) is 9.99. The normalized spacial score (nSPS) is 18.3. The van der Waals surface area contributed by atoms with Gasteiger partial charge in [-0.3, -0.25) is 4.79 Å². The molecule has 29 heavy (non-hydrogen) atoms. The van der Waals surface area contributed by atoms with E-state index < -0.39 is 0 Å². The Bertz CT molecular complexity index is 1170. The van der Waals surface area contributed by atoms with Gasteiger partial charge in [0, 0.05) is 34.2 Å². The van der Waals surface area contributed by atoms with Crippen LogP contribution in [0.4, 0.5) is 5.82 Å². The predicted molar refractivity (Wildman–Crippen MR) is 116 cm³/mol. The first-order valence-corrected chi connectivity index (χ1v) is 10.4. The van der Waals surface area contributed by atoms with Crippen LogP contribution in [0.25, 0.3) is 5.69 Å². The van der Waals surface area contributed by atoms with Gasteiger partial charge in [-0.25, -0.2) is 4.68 Å². The largest absolute Gasteiger partial charge is 0.343 e. The Labute approximate surface area is 175 Å². The zero-order valence-electron chi connectivity index (χ0n) is 16.5. The molecule has 1 aromatic heterocycles. The van der Waals surface area contributed by atoms with Crippen molar-refractivity contribution in [1.29, 1.82) is 0 Å². The maximum Gasteiger partial charge on any atom is 0.161 e. The SMILES string of the molecule is Cc1cccc(-n2nc(C)c3c2NC2=C(C(=O)CCC2)C3c2ccccc2Cl)c1. The number of aromatic nitrogens is 2. The number of allylic oxidation sites excluding steroid dienone is 2. The molecule has 2 heterocycles. The molecule has 0 fully saturated rings. The Morgan fingerprint density at radius 1 is 1.10 bits per heavy atom. The summed E-state index contributed by atoms with van der Waals surface area (Å²) in [5.74, 6) is 0.949. The smallest absolute Gasteiger partial charge is 0.161 e. The van der Waals surface area contributed by atoms with Gasteiger partial charge in [-0.05, 0) is 56.0 Å². The van der Waals surface area contributed by atoms with Gasteiger partial charge in [-0.2, -0.15) is 5.10 Å².